The van der Waals surface area contributed by atoms with Crippen molar-refractivity contribution in [2.24, 2.45) is 17.6 Å². The highest BCUT2D eigenvalue weighted by molar-refractivity contribution is 5.94. The zero-order valence-electron chi connectivity index (χ0n) is 14.5. The van der Waals surface area contributed by atoms with Crippen molar-refractivity contribution < 1.29 is 18.7 Å². The fourth-order valence-corrected chi connectivity index (χ4v) is 4.66. The second-order valence-electron chi connectivity index (χ2n) is 7.96. The van der Waals surface area contributed by atoms with Gasteiger partial charge in [-0.1, -0.05) is 0 Å². The maximum Gasteiger partial charge on any atom is 0.341 e. The molecule has 3 N–H and O–H groups in total. The zero-order chi connectivity index (χ0) is 19.0. The van der Waals surface area contributed by atoms with Gasteiger partial charge in [0.25, 0.3) is 0 Å². The number of nitrogens with zero attached hydrogens (tertiary/aromatic N) is 2. The van der Waals surface area contributed by atoms with Gasteiger partial charge in [-0.3, -0.25) is 4.79 Å². The monoisotopic (exact) mass is 375 g/mol. The Balaban J connectivity index is 1.73. The van der Waals surface area contributed by atoms with Crippen LogP contribution in [-0.2, 0) is 0 Å². The standard InChI is InChI=1S/C19H19F2N3O3/c20-13-4-10-16(24(9-1-2-9)7-12(18(10)25)19(26)27)15(21)17(13)23-5-8-3-14(22)11(8)6-23/h4,7-9,11,14H,1-3,5-6,22H2,(H,26,27). The molecule has 3 atom stereocenters. The van der Waals surface area contributed by atoms with Crippen LogP contribution in [0.2, 0.25) is 0 Å². The third kappa shape index (κ3) is 2.32. The molecule has 5 rings (SSSR count). The largest absolute Gasteiger partial charge is 0.477 e. The molecule has 0 spiro atoms. The topological polar surface area (TPSA) is 88.6 Å². The third-order valence-corrected chi connectivity index (χ3v) is 6.29. The molecule has 3 fully saturated rings. The Hall–Kier alpha value is -2.48. The number of carboxylic acids is 1. The molecule has 27 heavy (non-hydrogen) atoms. The van der Waals surface area contributed by atoms with Crippen LogP contribution in [0.15, 0.2) is 17.1 Å². The number of benzene rings is 1. The lowest BCUT2D eigenvalue weighted by Gasteiger charge is -2.36. The number of nitrogens with two attached hydrogens (primary N) is 1. The van der Waals surface area contributed by atoms with Gasteiger partial charge in [-0.15, -0.1) is 0 Å². The third-order valence-electron chi connectivity index (χ3n) is 6.29. The van der Waals surface area contributed by atoms with Crippen molar-refractivity contribution >= 4 is 22.6 Å². The normalized spacial score (nSPS) is 26.9. The predicted octanol–water partition coefficient (Wildman–Crippen LogP) is 2.10. The molecule has 3 unspecified atom stereocenters. The van der Waals surface area contributed by atoms with Crippen LogP contribution in [-0.4, -0.2) is 34.8 Å². The molecule has 2 aromatic rings. The van der Waals surface area contributed by atoms with Gasteiger partial charge in [0.15, 0.2) is 5.82 Å². The highest BCUT2D eigenvalue weighted by Gasteiger charge is 2.46. The molecule has 2 aliphatic carbocycles. The molecule has 6 nitrogen and oxygen atoms in total. The molecule has 0 bridgehead atoms. The minimum atomic E-state index is -1.40. The van der Waals surface area contributed by atoms with Gasteiger partial charge in [-0.2, -0.15) is 0 Å². The minimum absolute atomic E-state index is 0.00699. The summed E-state index contributed by atoms with van der Waals surface area (Å²) in [6.45, 7) is 1.03. The molecule has 142 valence electrons. The van der Waals surface area contributed by atoms with Crippen LogP contribution in [0, 0.1) is 23.5 Å². The highest BCUT2D eigenvalue weighted by atomic mass is 19.1. The van der Waals surface area contributed by atoms with Crippen molar-refractivity contribution in [1.82, 2.24) is 4.57 Å². The van der Waals surface area contributed by atoms with Crippen LogP contribution in [0.5, 0.6) is 0 Å². The first-order chi connectivity index (χ1) is 12.9. The van der Waals surface area contributed by atoms with E-state index in [1.54, 1.807) is 4.90 Å². The lowest BCUT2D eigenvalue weighted by Crippen LogP contribution is -2.46. The summed E-state index contributed by atoms with van der Waals surface area (Å²) in [5, 5.41) is 9.06. The van der Waals surface area contributed by atoms with Crippen LogP contribution in [0.4, 0.5) is 14.5 Å². The number of anilines is 1. The number of pyridine rings is 1. The summed E-state index contributed by atoms with van der Waals surface area (Å²) in [5.41, 5.74) is 4.52. The van der Waals surface area contributed by atoms with Gasteiger partial charge < -0.3 is 20.3 Å². The molecule has 1 saturated heterocycles. The first-order valence-electron chi connectivity index (χ1n) is 9.17. The Morgan fingerprint density at radius 2 is 2.00 bits per heavy atom. The first-order valence-corrected chi connectivity index (χ1v) is 9.17. The van der Waals surface area contributed by atoms with E-state index in [1.165, 1.54) is 10.8 Å². The number of aromatic carboxylic acids is 1. The molecule has 0 amide bonds. The van der Waals surface area contributed by atoms with Gasteiger partial charge in [0.2, 0.25) is 5.43 Å². The number of fused-ring (bicyclic) bond motifs is 2. The number of carboxylic acid groups (broad SMARTS) is 1. The highest BCUT2D eigenvalue weighted by Crippen LogP contribution is 2.44. The molecule has 1 aromatic heterocycles. The Bertz CT molecular complexity index is 1050. The Morgan fingerprint density at radius 1 is 1.26 bits per heavy atom. The zero-order valence-corrected chi connectivity index (χ0v) is 14.5. The van der Waals surface area contributed by atoms with Crippen LogP contribution >= 0.6 is 0 Å². The number of carbonyl (C=O) groups is 1. The van der Waals surface area contributed by atoms with Crippen LogP contribution < -0.4 is 16.1 Å². The Labute approximate surface area is 153 Å². The van der Waals surface area contributed by atoms with Gasteiger partial charge in [0.05, 0.1) is 10.9 Å². The second kappa shape index (κ2) is 5.51. The van der Waals surface area contributed by atoms with E-state index in [0.29, 0.717) is 19.0 Å². The minimum Gasteiger partial charge on any atom is -0.477 e. The van der Waals surface area contributed by atoms with Crippen molar-refractivity contribution in [1.29, 1.82) is 0 Å². The summed E-state index contributed by atoms with van der Waals surface area (Å²) in [7, 11) is 0. The van der Waals surface area contributed by atoms with E-state index in [1.807, 2.05) is 0 Å². The average Bonchev–Trinajstić information content (AvgIpc) is 3.39. The number of hydrogen-bond acceptors (Lipinski definition) is 4. The SMILES string of the molecule is NC1CC2CN(c3c(F)cc4c(=O)c(C(=O)O)cn(C5CC5)c4c3F)CC12. The lowest BCUT2D eigenvalue weighted by molar-refractivity contribution is 0.0695. The van der Waals surface area contributed by atoms with Crippen molar-refractivity contribution in [2.75, 3.05) is 18.0 Å². The molecular weight excluding hydrogens is 356 g/mol. The average molecular weight is 375 g/mol. The van der Waals surface area contributed by atoms with Crippen LogP contribution in [0.1, 0.15) is 35.7 Å². The van der Waals surface area contributed by atoms with Crippen molar-refractivity contribution in [3.05, 3.63) is 39.7 Å². The summed E-state index contributed by atoms with van der Waals surface area (Å²) >= 11 is 0. The van der Waals surface area contributed by atoms with Gasteiger partial charge in [-0.25, -0.2) is 13.6 Å². The van der Waals surface area contributed by atoms with Crippen LogP contribution in [0.3, 0.4) is 0 Å². The fourth-order valence-electron chi connectivity index (χ4n) is 4.66. The number of aromatic nitrogens is 1. The summed E-state index contributed by atoms with van der Waals surface area (Å²) in [6.07, 6.45) is 3.59. The van der Waals surface area contributed by atoms with E-state index in [2.05, 4.69) is 0 Å². The molecule has 2 saturated carbocycles. The summed E-state index contributed by atoms with van der Waals surface area (Å²) in [6, 6.07) is 0.984. The number of rotatable bonds is 3. The summed E-state index contributed by atoms with van der Waals surface area (Å²) < 4.78 is 31.8. The summed E-state index contributed by atoms with van der Waals surface area (Å²) in [4.78, 5) is 25.6. The Morgan fingerprint density at radius 3 is 2.59 bits per heavy atom. The molecule has 0 radical (unpaired) electrons. The molecule has 3 aliphatic rings. The number of halogens is 2. The molecule has 8 heteroatoms. The van der Waals surface area contributed by atoms with E-state index in [-0.39, 0.29) is 34.6 Å². The predicted molar refractivity (Wildman–Crippen MR) is 95.1 cm³/mol. The molecule has 1 aromatic carbocycles. The maximum atomic E-state index is 15.5. The van der Waals surface area contributed by atoms with Crippen molar-refractivity contribution in [3.63, 3.8) is 0 Å². The quantitative estimate of drug-likeness (QED) is 0.858. The van der Waals surface area contributed by atoms with E-state index in [9.17, 15) is 19.1 Å². The Kier molecular flexibility index (Phi) is 3.40. The fraction of sp³-hybridized carbons (Fsp3) is 0.474. The smallest absolute Gasteiger partial charge is 0.341 e. The van der Waals surface area contributed by atoms with E-state index < -0.39 is 28.6 Å². The second-order valence-corrected chi connectivity index (χ2v) is 7.96. The first kappa shape index (κ1) is 16.7. The van der Waals surface area contributed by atoms with Crippen molar-refractivity contribution in [3.8, 4) is 0 Å². The summed E-state index contributed by atoms with van der Waals surface area (Å²) in [5.74, 6) is -2.45. The molecule has 1 aliphatic heterocycles. The molecule has 2 heterocycles. The van der Waals surface area contributed by atoms with Crippen LogP contribution in [0.25, 0.3) is 10.9 Å². The van der Waals surface area contributed by atoms with E-state index in [0.717, 1.165) is 25.3 Å². The van der Waals surface area contributed by atoms with Crippen molar-refractivity contribution in [2.45, 2.75) is 31.3 Å². The van der Waals surface area contributed by atoms with E-state index >= 15 is 4.39 Å². The van der Waals surface area contributed by atoms with E-state index in [4.69, 9.17) is 5.73 Å². The lowest BCUT2D eigenvalue weighted by atomic mass is 9.72. The van der Waals surface area contributed by atoms with Gasteiger partial charge in [0, 0.05) is 31.4 Å². The molecular formula is C19H19F2N3O3. The maximum absolute atomic E-state index is 15.5. The van der Waals surface area contributed by atoms with Gasteiger partial charge in [-0.05, 0) is 37.2 Å². The van der Waals surface area contributed by atoms with Gasteiger partial charge >= 0.3 is 5.97 Å². The van der Waals surface area contributed by atoms with Gasteiger partial charge in [0.1, 0.15) is 17.1 Å². The number of hydrogen-bond donors (Lipinski definition) is 2.